The van der Waals surface area contributed by atoms with E-state index in [1.807, 2.05) is 0 Å². The molecule has 0 aliphatic carbocycles. The van der Waals surface area contributed by atoms with Gasteiger partial charge in [-0.15, -0.1) is 0 Å². The molecule has 10 nitrogen and oxygen atoms in total. The number of hydrogen-bond acceptors (Lipinski definition) is 6. The first-order valence-corrected chi connectivity index (χ1v) is 6.54. The lowest BCUT2D eigenvalue weighted by atomic mass is 9.89. The first kappa shape index (κ1) is 19.4. The van der Waals surface area contributed by atoms with Crippen molar-refractivity contribution in [1.29, 1.82) is 0 Å². The van der Waals surface area contributed by atoms with E-state index < -0.39 is 70.7 Å². The summed E-state index contributed by atoms with van der Waals surface area (Å²) in [6, 6.07) is 0.469. The average molecular weight is 352 g/mol. The number of esters is 1. The van der Waals surface area contributed by atoms with Crippen LogP contribution in [0.2, 0.25) is 0 Å². The van der Waals surface area contributed by atoms with E-state index >= 15 is 0 Å². The average Bonchev–Trinajstić information content (AvgIpc) is 2.52. The molecule has 0 aliphatic rings. The summed E-state index contributed by atoms with van der Waals surface area (Å²) in [5, 5.41) is 36.8. The molecule has 1 aromatic rings. The molecular formula is C15H12O10. The Kier molecular flexibility index (Phi) is 5.98. The van der Waals surface area contributed by atoms with Crippen LogP contribution in [-0.2, 0) is 16.0 Å². The van der Waals surface area contributed by atoms with E-state index in [0.29, 0.717) is 6.07 Å². The Morgan fingerprint density at radius 2 is 1.32 bits per heavy atom. The van der Waals surface area contributed by atoms with Gasteiger partial charge < -0.3 is 25.2 Å². The molecule has 0 saturated carbocycles. The lowest BCUT2D eigenvalue weighted by Gasteiger charge is -2.15. The van der Waals surface area contributed by atoms with Gasteiger partial charge in [-0.2, -0.15) is 0 Å². The van der Waals surface area contributed by atoms with Crippen molar-refractivity contribution in [2.45, 2.75) is 6.42 Å². The third-order valence-corrected chi connectivity index (χ3v) is 3.08. The van der Waals surface area contributed by atoms with Crippen molar-refractivity contribution < 1.29 is 49.1 Å². The van der Waals surface area contributed by atoms with Gasteiger partial charge >= 0.3 is 29.8 Å². The monoisotopic (exact) mass is 352 g/mol. The summed E-state index contributed by atoms with van der Waals surface area (Å²) in [6.45, 7) is 2.63. The molecule has 4 N–H and O–H groups in total. The number of carboxylic acids is 4. The topological polar surface area (TPSA) is 176 Å². The Morgan fingerprint density at radius 1 is 0.880 bits per heavy atom. The number of ether oxygens (including phenoxy) is 1. The summed E-state index contributed by atoms with van der Waals surface area (Å²) < 4.78 is 4.63. The Hall–Kier alpha value is -3.69. The van der Waals surface area contributed by atoms with Crippen LogP contribution in [0.5, 0.6) is 0 Å². The fourth-order valence-electron chi connectivity index (χ4n) is 2.13. The first-order chi connectivity index (χ1) is 11.6. The Balaban J connectivity index is 3.70. The second kappa shape index (κ2) is 7.73. The van der Waals surface area contributed by atoms with Crippen molar-refractivity contribution in [2.24, 2.45) is 0 Å². The van der Waals surface area contributed by atoms with Crippen LogP contribution in [0.3, 0.4) is 0 Å². The van der Waals surface area contributed by atoms with Crippen LogP contribution in [0.15, 0.2) is 18.7 Å². The van der Waals surface area contributed by atoms with E-state index in [2.05, 4.69) is 11.3 Å². The maximum atomic E-state index is 11.4. The molecule has 0 saturated heterocycles. The van der Waals surface area contributed by atoms with Gasteiger partial charge in [0.2, 0.25) is 0 Å². The summed E-state index contributed by atoms with van der Waals surface area (Å²) in [5.74, 6) is -7.90. The van der Waals surface area contributed by atoms with Gasteiger partial charge in [0.05, 0.1) is 28.9 Å². The second-order valence-electron chi connectivity index (χ2n) is 4.54. The number of aromatic carboxylic acids is 4. The summed E-state index contributed by atoms with van der Waals surface area (Å²) in [4.78, 5) is 56.4. The maximum Gasteiger partial charge on any atom is 0.336 e. The van der Waals surface area contributed by atoms with Crippen LogP contribution in [0, 0.1) is 0 Å². The highest BCUT2D eigenvalue weighted by Crippen LogP contribution is 2.25. The van der Waals surface area contributed by atoms with Crippen molar-refractivity contribution in [1.82, 2.24) is 0 Å². The van der Waals surface area contributed by atoms with Gasteiger partial charge in [0.15, 0.2) is 0 Å². The van der Waals surface area contributed by atoms with E-state index in [4.69, 9.17) is 10.2 Å². The smallest absolute Gasteiger partial charge is 0.336 e. The Bertz CT molecular complexity index is 740. The number of rotatable bonds is 8. The van der Waals surface area contributed by atoms with Gasteiger partial charge in [-0.25, -0.2) is 24.0 Å². The Labute approximate surface area is 139 Å². The summed E-state index contributed by atoms with van der Waals surface area (Å²) in [6.07, 6.45) is 0.289. The van der Waals surface area contributed by atoms with Gasteiger partial charge in [-0.3, -0.25) is 0 Å². The number of carboxylic acid groups (broad SMARTS) is 4. The van der Waals surface area contributed by atoms with Crippen LogP contribution >= 0.6 is 0 Å². The molecule has 1 rings (SSSR count). The standard InChI is InChI=1S/C15H12O10/c1-2-9(16)25-4-3-6-10(14(21)22)7(12(17)18)5-8(13(19)20)11(6)15(23)24/h2,5H,1,3-4H2,(H,17,18)(H,19,20)(H,21,22)(H,23,24). The van der Waals surface area contributed by atoms with Gasteiger partial charge in [0.25, 0.3) is 0 Å². The predicted octanol–water partition coefficient (Wildman–Crippen LogP) is 0.751. The fraction of sp³-hybridized carbons (Fsp3) is 0.133. The molecule has 10 heteroatoms. The zero-order valence-corrected chi connectivity index (χ0v) is 12.5. The van der Waals surface area contributed by atoms with Crippen molar-refractivity contribution in [3.8, 4) is 0 Å². The van der Waals surface area contributed by atoms with E-state index in [1.165, 1.54) is 0 Å². The highest BCUT2D eigenvalue weighted by atomic mass is 16.5. The predicted molar refractivity (Wildman–Crippen MR) is 79.1 cm³/mol. The zero-order chi connectivity index (χ0) is 19.3. The molecule has 0 atom stereocenters. The minimum Gasteiger partial charge on any atom is -0.478 e. The SMILES string of the molecule is C=CC(=O)OCCc1c(C(=O)O)c(C(=O)O)cc(C(=O)O)c1C(=O)O. The zero-order valence-electron chi connectivity index (χ0n) is 12.5. The molecule has 0 spiro atoms. The molecule has 0 aromatic heterocycles. The number of carbonyl (C=O) groups excluding carboxylic acids is 1. The summed E-state index contributed by atoms with van der Waals surface area (Å²) in [5.41, 5.74) is -4.12. The fourth-order valence-corrected chi connectivity index (χ4v) is 2.13. The van der Waals surface area contributed by atoms with Gasteiger partial charge in [-0.1, -0.05) is 6.58 Å². The summed E-state index contributed by atoms with van der Waals surface area (Å²) in [7, 11) is 0. The third-order valence-electron chi connectivity index (χ3n) is 3.08. The molecule has 0 radical (unpaired) electrons. The van der Waals surface area contributed by atoms with Crippen molar-refractivity contribution in [2.75, 3.05) is 6.61 Å². The molecule has 1 aromatic carbocycles. The molecule has 0 bridgehead atoms. The number of hydrogen-bond donors (Lipinski definition) is 4. The quantitative estimate of drug-likeness (QED) is 0.386. The molecule has 0 fully saturated rings. The molecule has 0 heterocycles. The highest BCUT2D eigenvalue weighted by Gasteiger charge is 2.30. The van der Waals surface area contributed by atoms with Gasteiger partial charge in [0.1, 0.15) is 0 Å². The van der Waals surface area contributed by atoms with Crippen molar-refractivity contribution in [3.05, 3.63) is 46.5 Å². The lowest BCUT2D eigenvalue weighted by molar-refractivity contribution is -0.137. The molecular weight excluding hydrogens is 340 g/mol. The second-order valence-corrected chi connectivity index (χ2v) is 4.54. The molecule has 0 amide bonds. The van der Waals surface area contributed by atoms with Crippen LogP contribution in [0.4, 0.5) is 0 Å². The number of carbonyl (C=O) groups is 5. The van der Waals surface area contributed by atoms with Crippen LogP contribution in [-0.4, -0.2) is 56.9 Å². The van der Waals surface area contributed by atoms with E-state index in [0.717, 1.165) is 6.08 Å². The van der Waals surface area contributed by atoms with Gasteiger partial charge in [-0.05, 0) is 11.6 Å². The van der Waals surface area contributed by atoms with Crippen molar-refractivity contribution in [3.63, 3.8) is 0 Å². The summed E-state index contributed by atoms with van der Waals surface area (Å²) >= 11 is 0. The minimum absolute atomic E-state index is 0.469. The Morgan fingerprint density at radius 3 is 1.64 bits per heavy atom. The van der Waals surface area contributed by atoms with E-state index in [1.54, 1.807) is 0 Å². The number of benzene rings is 1. The third kappa shape index (κ3) is 4.19. The molecule has 0 aliphatic heterocycles. The van der Waals surface area contributed by atoms with Crippen molar-refractivity contribution >= 4 is 29.8 Å². The maximum absolute atomic E-state index is 11.4. The van der Waals surface area contributed by atoms with Gasteiger partial charge in [0, 0.05) is 12.5 Å². The first-order valence-electron chi connectivity index (χ1n) is 6.54. The largest absolute Gasteiger partial charge is 0.478 e. The molecule has 132 valence electrons. The van der Waals surface area contributed by atoms with Crippen LogP contribution in [0.25, 0.3) is 0 Å². The van der Waals surface area contributed by atoms with E-state index in [9.17, 15) is 34.2 Å². The highest BCUT2D eigenvalue weighted by molar-refractivity contribution is 6.10. The molecule has 25 heavy (non-hydrogen) atoms. The van der Waals surface area contributed by atoms with Crippen LogP contribution in [0.1, 0.15) is 47.0 Å². The van der Waals surface area contributed by atoms with Crippen LogP contribution < -0.4 is 0 Å². The normalized spacial score (nSPS) is 9.92. The minimum atomic E-state index is -1.76. The molecule has 0 unspecified atom stereocenters. The van der Waals surface area contributed by atoms with E-state index in [-0.39, 0.29) is 0 Å². The lowest BCUT2D eigenvalue weighted by Crippen LogP contribution is -2.21.